The normalized spacial score (nSPS) is 10.8. The molecule has 19 heavy (non-hydrogen) atoms. The summed E-state index contributed by atoms with van der Waals surface area (Å²) in [6.45, 7) is 2.66. The Balaban J connectivity index is 1.86. The molecular weight excluding hydrogens is 276 g/mol. The molecule has 0 fully saturated rings. The number of ether oxygens (including phenoxy) is 1. The van der Waals surface area contributed by atoms with Gasteiger partial charge in [0.05, 0.1) is 5.02 Å². The van der Waals surface area contributed by atoms with Crippen LogP contribution >= 0.6 is 22.9 Å². The third-order valence-corrected chi connectivity index (χ3v) is 4.35. The number of para-hydroxylation sites is 1. The molecule has 3 aromatic rings. The van der Waals surface area contributed by atoms with Crippen LogP contribution in [0.1, 0.15) is 11.1 Å². The molecule has 0 radical (unpaired) electrons. The summed E-state index contributed by atoms with van der Waals surface area (Å²) in [4.78, 5) is 0. The van der Waals surface area contributed by atoms with Crippen LogP contribution in [0.25, 0.3) is 10.1 Å². The van der Waals surface area contributed by atoms with E-state index in [9.17, 15) is 0 Å². The average molecular weight is 289 g/mol. The van der Waals surface area contributed by atoms with Crippen molar-refractivity contribution in [2.45, 2.75) is 13.5 Å². The van der Waals surface area contributed by atoms with Crippen molar-refractivity contribution in [3.63, 3.8) is 0 Å². The number of hydrogen-bond donors (Lipinski definition) is 0. The third-order valence-electron chi connectivity index (χ3n) is 3.03. The minimum absolute atomic E-state index is 0.549. The summed E-state index contributed by atoms with van der Waals surface area (Å²) in [5.74, 6) is 0.733. The van der Waals surface area contributed by atoms with E-state index in [1.807, 2.05) is 24.3 Å². The van der Waals surface area contributed by atoms with Crippen molar-refractivity contribution >= 4 is 33.0 Å². The first-order valence-electron chi connectivity index (χ1n) is 6.08. The lowest BCUT2D eigenvalue weighted by atomic mass is 10.1. The summed E-state index contributed by atoms with van der Waals surface area (Å²) in [5, 5.41) is 4.08. The van der Waals surface area contributed by atoms with E-state index in [1.165, 1.54) is 21.2 Å². The second kappa shape index (κ2) is 5.24. The number of benzene rings is 2. The van der Waals surface area contributed by atoms with Gasteiger partial charge in [-0.25, -0.2) is 0 Å². The molecule has 0 atom stereocenters. The molecule has 0 unspecified atom stereocenters. The van der Waals surface area contributed by atoms with Crippen LogP contribution < -0.4 is 4.74 Å². The largest absolute Gasteiger partial charge is 0.487 e. The molecule has 0 aliphatic heterocycles. The summed E-state index contributed by atoms with van der Waals surface area (Å²) in [5.41, 5.74) is 2.48. The van der Waals surface area contributed by atoms with E-state index in [-0.39, 0.29) is 0 Å². The van der Waals surface area contributed by atoms with E-state index in [0.717, 1.165) is 5.75 Å². The summed E-state index contributed by atoms with van der Waals surface area (Å²) >= 11 is 7.83. The van der Waals surface area contributed by atoms with Crippen LogP contribution in [0.15, 0.2) is 47.8 Å². The number of fused-ring (bicyclic) bond motifs is 1. The number of rotatable bonds is 3. The Morgan fingerprint density at radius 3 is 2.84 bits per heavy atom. The molecule has 2 aromatic carbocycles. The highest BCUT2D eigenvalue weighted by atomic mass is 35.5. The van der Waals surface area contributed by atoms with E-state index in [2.05, 4.69) is 30.5 Å². The van der Waals surface area contributed by atoms with Crippen LogP contribution in [0.2, 0.25) is 5.02 Å². The first kappa shape index (κ1) is 12.5. The molecule has 0 saturated heterocycles. The van der Waals surface area contributed by atoms with Crippen LogP contribution in [-0.4, -0.2) is 0 Å². The second-order valence-corrected chi connectivity index (χ2v) is 5.80. The monoisotopic (exact) mass is 288 g/mol. The highest BCUT2D eigenvalue weighted by molar-refractivity contribution is 7.17. The zero-order chi connectivity index (χ0) is 13.2. The molecule has 0 saturated carbocycles. The standard InChI is InChI=1S/C16H13ClOS/c1-11-6-7-16-13(8-11)12(10-19-16)9-18-15-5-3-2-4-14(15)17/h2-8,10H,9H2,1H3. The Morgan fingerprint density at radius 2 is 2.00 bits per heavy atom. The number of hydrogen-bond acceptors (Lipinski definition) is 2. The van der Waals surface area contributed by atoms with Gasteiger partial charge in [0.1, 0.15) is 12.4 Å². The van der Waals surface area contributed by atoms with E-state index in [4.69, 9.17) is 16.3 Å². The van der Waals surface area contributed by atoms with Crippen LogP contribution in [0.5, 0.6) is 5.75 Å². The molecule has 3 heteroatoms. The van der Waals surface area contributed by atoms with Gasteiger partial charge in [0, 0.05) is 10.3 Å². The van der Waals surface area contributed by atoms with Gasteiger partial charge >= 0.3 is 0 Å². The van der Waals surface area contributed by atoms with Gasteiger partial charge in [0.15, 0.2) is 0 Å². The SMILES string of the molecule is Cc1ccc2scc(COc3ccccc3Cl)c2c1. The lowest BCUT2D eigenvalue weighted by Crippen LogP contribution is -1.94. The molecule has 0 bridgehead atoms. The van der Waals surface area contributed by atoms with Crippen molar-refractivity contribution in [3.05, 3.63) is 64.0 Å². The minimum atomic E-state index is 0.549. The highest BCUT2D eigenvalue weighted by Gasteiger charge is 2.06. The topological polar surface area (TPSA) is 9.23 Å². The molecular formula is C16H13ClOS. The predicted octanol–water partition coefficient (Wildman–Crippen LogP) is 5.44. The smallest absolute Gasteiger partial charge is 0.138 e. The summed E-state index contributed by atoms with van der Waals surface area (Å²) in [6.07, 6.45) is 0. The summed E-state index contributed by atoms with van der Waals surface area (Å²) < 4.78 is 7.10. The number of halogens is 1. The number of thiophene rings is 1. The van der Waals surface area contributed by atoms with E-state index >= 15 is 0 Å². The maximum atomic E-state index is 6.09. The fourth-order valence-electron chi connectivity index (χ4n) is 2.02. The molecule has 1 heterocycles. The first-order chi connectivity index (χ1) is 9.24. The lowest BCUT2D eigenvalue weighted by Gasteiger charge is -2.07. The quantitative estimate of drug-likeness (QED) is 0.623. The van der Waals surface area contributed by atoms with Crippen LogP contribution in [0.4, 0.5) is 0 Å². The van der Waals surface area contributed by atoms with Crippen molar-refractivity contribution in [1.29, 1.82) is 0 Å². The first-order valence-corrected chi connectivity index (χ1v) is 7.34. The fraction of sp³-hybridized carbons (Fsp3) is 0.125. The van der Waals surface area contributed by atoms with E-state index in [0.29, 0.717) is 11.6 Å². The lowest BCUT2D eigenvalue weighted by molar-refractivity contribution is 0.308. The van der Waals surface area contributed by atoms with E-state index in [1.54, 1.807) is 11.3 Å². The fourth-order valence-corrected chi connectivity index (χ4v) is 3.14. The van der Waals surface area contributed by atoms with Crippen molar-refractivity contribution in [1.82, 2.24) is 0 Å². The van der Waals surface area contributed by atoms with Crippen LogP contribution in [0.3, 0.4) is 0 Å². The Kier molecular flexibility index (Phi) is 3.45. The van der Waals surface area contributed by atoms with Gasteiger partial charge in [-0.2, -0.15) is 0 Å². The molecule has 0 spiro atoms. The summed E-state index contributed by atoms with van der Waals surface area (Å²) in [7, 11) is 0. The average Bonchev–Trinajstić information content (AvgIpc) is 2.80. The van der Waals surface area contributed by atoms with Gasteiger partial charge in [-0.1, -0.05) is 41.4 Å². The zero-order valence-electron chi connectivity index (χ0n) is 10.5. The zero-order valence-corrected chi connectivity index (χ0v) is 12.1. The molecule has 0 amide bonds. The Hall–Kier alpha value is -1.51. The van der Waals surface area contributed by atoms with Crippen molar-refractivity contribution in [2.75, 3.05) is 0 Å². The van der Waals surface area contributed by atoms with Crippen molar-refractivity contribution in [2.24, 2.45) is 0 Å². The minimum Gasteiger partial charge on any atom is -0.487 e. The van der Waals surface area contributed by atoms with Gasteiger partial charge in [-0.05, 0) is 35.9 Å². The van der Waals surface area contributed by atoms with Crippen molar-refractivity contribution < 1.29 is 4.74 Å². The Bertz CT molecular complexity index is 718. The van der Waals surface area contributed by atoms with Gasteiger partial charge < -0.3 is 4.74 Å². The Morgan fingerprint density at radius 1 is 1.16 bits per heavy atom. The van der Waals surface area contributed by atoms with Crippen LogP contribution in [-0.2, 0) is 6.61 Å². The Labute approximate surface area is 121 Å². The maximum Gasteiger partial charge on any atom is 0.138 e. The molecule has 1 nitrogen and oxygen atoms in total. The van der Waals surface area contributed by atoms with Crippen molar-refractivity contribution in [3.8, 4) is 5.75 Å². The molecule has 0 aliphatic carbocycles. The molecule has 96 valence electrons. The van der Waals surface area contributed by atoms with Gasteiger partial charge in [-0.3, -0.25) is 0 Å². The van der Waals surface area contributed by atoms with Gasteiger partial charge in [-0.15, -0.1) is 11.3 Å². The molecule has 1 aromatic heterocycles. The maximum absolute atomic E-state index is 6.09. The number of aryl methyl sites for hydroxylation is 1. The highest BCUT2D eigenvalue weighted by Crippen LogP contribution is 2.29. The molecule has 0 aliphatic rings. The van der Waals surface area contributed by atoms with Gasteiger partial charge in [0.25, 0.3) is 0 Å². The predicted molar refractivity (Wildman–Crippen MR) is 82.3 cm³/mol. The molecule has 0 N–H and O–H groups in total. The van der Waals surface area contributed by atoms with Crippen LogP contribution in [0, 0.1) is 6.92 Å². The third kappa shape index (κ3) is 2.60. The second-order valence-electron chi connectivity index (χ2n) is 4.48. The van der Waals surface area contributed by atoms with E-state index < -0.39 is 0 Å². The van der Waals surface area contributed by atoms with Gasteiger partial charge in [0.2, 0.25) is 0 Å². The summed E-state index contributed by atoms with van der Waals surface area (Å²) in [6, 6.07) is 14.1. The molecule has 3 rings (SSSR count).